The Bertz CT molecular complexity index is 1850. The van der Waals surface area contributed by atoms with Crippen LogP contribution >= 0.6 is 11.6 Å². The Hall–Kier alpha value is -3.12. The van der Waals surface area contributed by atoms with Gasteiger partial charge in [0.1, 0.15) is 15.7 Å². The summed E-state index contributed by atoms with van der Waals surface area (Å²) in [5.74, 6) is 1.22. The minimum absolute atomic E-state index is 0.0208. The zero-order valence-electron chi connectivity index (χ0n) is 29.6. The molecule has 2 N–H and O–H groups in total. The van der Waals surface area contributed by atoms with Gasteiger partial charge in [-0.05, 0) is 105 Å². The van der Waals surface area contributed by atoms with E-state index in [0.29, 0.717) is 49.4 Å². The lowest BCUT2D eigenvalue weighted by molar-refractivity contribution is 0.0131. The van der Waals surface area contributed by atoms with Crippen LogP contribution in [0.4, 0.5) is 10.5 Å². The maximum Gasteiger partial charge on any atom is 0.327 e. The number of hydrogen-bond acceptors (Lipinski definition) is 7. The van der Waals surface area contributed by atoms with Crippen molar-refractivity contribution in [1.29, 1.82) is 0 Å². The SMILES string of the molecule is CO[C@H]1/C=C/C[C@H](C)[C@@H](C)[S@@](=O)(NC(=O)N[C@H]2[C@@H]3COC[C@@H]32)=NC(=O)c2ccc3c(c2)N(C[C@@H]2CC[C@H]21)C[C@@]1(CCCc2cc(Cl)ccc21)CO3. The minimum Gasteiger partial charge on any atom is -0.490 e. The third-order valence-electron chi connectivity index (χ3n) is 12.8. The van der Waals surface area contributed by atoms with Crippen molar-refractivity contribution in [2.75, 3.05) is 44.9 Å². The van der Waals surface area contributed by atoms with E-state index in [1.165, 1.54) is 11.1 Å². The number of fused-ring (bicyclic) bond motifs is 5. The highest BCUT2D eigenvalue weighted by molar-refractivity contribution is 7.93. The van der Waals surface area contributed by atoms with Crippen LogP contribution in [0.1, 0.15) is 67.4 Å². The van der Waals surface area contributed by atoms with Crippen LogP contribution in [0.15, 0.2) is 52.9 Å². The molecule has 8 rings (SSSR count). The molecule has 10 atom stereocenters. The summed E-state index contributed by atoms with van der Waals surface area (Å²) >= 11 is 6.46. The molecule has 12 heteroatoms. The number of halogens is 1. The summed E-state index contributed by atoms with van der Waals surface area (Å²) in [4.78, 5) is 29.8. The van der Waals surface area contributed by atoms with Crippen LogP contribution in [-0.4, -0.2) is 73.6 Å². The van der Waals surface area contributed by atoms with E-state index in [9.17, 15) is 13.8 Å². The van der Waals surface area contributed by atoms with Gasteiger partial charge in [0.2, 0.25) is 0 Å². The van der Waals surface area contributed by atoms with E-state index in [-0.39, 0.29) is 35.3 Å². The first kappa shape index (κ1) is 34.9. The molecule has 2 aromatic rings. The summed E-state index contributed by atoms with van der Waals surface area (Å²) < 4.78 is 40.0. The van der Waals surface area contributed by atoms with E-state index >= 15 is 0 Å². The summed E-state index contributed by atoms with van der Waals surface area (Å²) in [5, 5.41) is 3.09. The Labute approximate surface area is 306 Å². The molecule has 3 fully saturated rings. The average Bonchev–Trinajstić information content (AvgIpc) is 3.53. The van der Waals surface area contributed by atoms with E-state index in [2.05, 4.69) is 43.6 Å². The Morgan fingerprint density at radius 2 is 1.94 bits per heavy atom. The summed E-state index contributed by atoms with van der Waals surface area (Å²) in [6.45, 7) is 7.03. The van der Waals surface area contributed by atoms with Crippen LogP contribution < -0.4 is 19.7 Å². The van der Waals surface area contributed by atoms with Crippen molar-refractivity contribution in [2.24, 2.45) is 34.0 Å². The molecule has 2 aromatic carbocycles. The van der Waals surface area contributed by atoms with E-state index in [4.69, 9.17) is 25.8 Å². The first-order valence-corrected chi connectivity index (χ1v) is 20.5. The first-order chi connectivity index (χ1) is 24.6. The third-order valence-corrected chi connectivity index (χ3v) is 15.4. The highest BCUT2D eigenvalue weighted by Gasteiger charge is 2.55. The molecule has 3 amide bonds. The van der Waals surface area contributed by atoms with Crippen LogP contribution in [0.5, 0.6) is 5.75 Å². The van der Waals surface area contributed by atoms with Gasteiger partial charge >= 0.3 is 6.03 Å². The lowest BCUT2D eigenvalue weighted by Gasteiger charge is -2.46. The summed E-state index contributed by atoms with van der Waals surface area (Å²) in [6, 6.07) is 11.0. The van der Waals surface area contributed by atoms with Crippen LogP contribution in [0.2, 0.25) is 5.02 Å². The average molecular weight is 737 g/mol. The van der Waals surface area contributed by atoms with Gasteiger partial charge in [-0.1, -0.05) is 36.7 Å². The van der Waals surface area contributed by atoms with Gasteiger partial charge in [-0.15, -0.1) is 4.36 Å². The zero-order chi connectivity index (χ0) is 35.5. The number of ether oxygens (including phenoxy) is 3. The van der Waals surface area contributed by atoms with Crippen molar-refractivity contribution in [3.63, 3.8) is 0 Å². The molecule has 3 aliphatic carbocycles. The molecule has 2 saturated carbocycles. The molecule has 0 unspecified atom stereocenters. The van der Waals surface area contributed by atoms with Gasteiger partial charge in [0.05, 0.1) is 36.9 Å². The number of amides is 3. The van der Waals surface area contributed by atoms with E-state index in [0.717, 1.165) is 55.9 Å². The lowest BCUT2D eigenvalue weighted by atomic mass is 9.68. The molecule has 3 heterocycles. The first-order valence-electron chi connectivity index (χ1n) is 18.5. The molecule has 0 radical (unpaired) electrons. The van der Waals surface area contributed by atoms with Gasteiger partial charge in [-0.2, -0.15) is 0 Å². The standard InChI is InChI=1S/C39H49ClN4O6S/c1-23-6-4-8-34(48-3)29-12-9-27(29)18-44-21-39(15-5-7-25-16-28(40)11-13-32(25)39)22-50-35-14-10-26(17-33(35)44)37(45)42-51(47,24(23)2)43-38(46)41-36-30-19-49-20-31(30)36/h4,8,10-11,13-14,16-17,23-24,27,29-31,34,36H,5-7,9,12,15,18-22H2,1-3H3,(H2,41,42,43,45,46,47)/b8-4+/t23-,24+,27-,29+,30-,31+,34-,36+,39-,51-/m0/s1. The molecule has 51 heavy (non-hydrogen) atoms. The molecule has 3 aliphatic heterocycles. The summed E-state index contributed by atoms with van der Waals surface area (Å²) in [5.41, 5.74) is 3.44. The monoisotopic (exact) mass is 736 g/mol. The molecule has 6 aliphatic rings. The molecule has 1 saturated heterocycles. The number of benzene rings is 2. The smallest absolute Gasteiger partial charge is 0.327 e. The maximum atomic E-state index is 14.8. The second kappa shape index (κ2) is 13.7. The topological polar surface area (TPSA) is 119 Å². The van der Waals surface area contributed by atoms with E-state index in [1.807, 2.05) is 25.1 Å². The Morgan fingerprint density at radius 3 is 2.71 bits per heavy atom. The van der Waals surface area contributed by atoms with Crippen LogP contribution in [0, 0.1) is 29.6 Å². The predicted molar refractivity (Wildman–Crippen MR) is 198 cm³/mol. The molecular formula is C39H49ClN4O6S. The third kappa shape index (κ3) is 6.57. The quantitative estimate of drug-likeness (QED) is 0.355. The number of anilines is 1. The number of carbonyl (C=O) groups is 2. The van der Waals surface area contributed by atoms with Gasteiger partial charge in [-0.3, -0.25) is 4.79 Å². The number of nitrogens with zero attached hydrogens (tertiary/aromatic N) is 2. The van der Waals surface area contributed by atoms with Crippen LogP contribution in [-0.2, 0) is 31.2 Å². The maximum absolute atomic E-state index is 14.8. The highest BCUT2D eigenvalue weighted by Crippen LogP contribution is 2.47. The van der Waals surface area contributed by atoms with Gasteiger partial charge < -0.3 is 24.4 Å². The van der Waals surface area contributed by atoms with Crippen molar-refractivity contribution >= 4 is 39.1 Å². The van der Waals surface area contributed by atoms with E-state index < -0.39 is 27.1 Å². The number of carbonyl (C=O) groups excluding carboxylic acids is 2. The lowest BCUT2D eigenvalue weighted by Crippen LogP contribution is -2.49. The largest absolute Gasteiger partial charge is 0.490 e. The number of allylic oxidation sites excluding steroid dienone is 1. The van der Waals surface area contributed by atoms with Crippen LogP contribution in [0.25, 0.3) is 0 Å². The number of hydrogen-bond donors (Lipinski definition) is 2. The molecule has 2 bridgehead atoms. The molecular weight excluding hydrogens is 688 g/mol. The Kier molecular flexibility index (Phi) is 9.38. The van der Waals surface area contributed by atoms with Gasteiger partial charge in [0.25, 0.3) is 5.91 Å². The fraction of sp³-hybridized carbons (Fsp3) is 0.590. The van der Waals surface area contributed by atoms with Crippen molar-refractivity contribution in [2.45, 2.75) is 75.2 Å². The zero-order valence-corrected chi connectivity index (χ0v) is 31.2. The minimum atomic E-state index is -3.55. The van der Waals surface area contributed by atoms with Crippen molar-refractivity contribution in [3.05, 3.63) is 70.3 Å². The van der Waals surface area contributed by atoms with Crippen LogP contribution in [0.3, 0.4) is 0 Å². The fourth-order valence-electron chi connectivity index (χ4n) is 9.26. The number of urea groups is 1. The number of aryl methyl sites for hydroxylation is 1. The fourth-order valence-corrected chi connectivity index (χ4v) is 11.3. The van der Waals surface area contributed by atoms with Crippen molar-refractivity contribution in [3.8, 4) is 5.75 Å². The molecule has 10 nitrogen and oxygen atoms in total. The van der Waals surface area contributed by atoms with Crippen molar-refractivity contribution in [1.82, 2.24) is 10.0 Å². The second-order valence-electron chi connectivity index (χ2n) is 15.8. The molecule has 274 valence electrons. The van der Waals surface area contributed by atoms with Crippen molar-refractivity contribution < 1.29 is 28.0 Å². The number of rotatable bonds is 3. The number of nitrogens with one attached hydrogen (secondary N) is 2. The van der Waals surface area contributed by atoms with Gasteiger partial charge in [-0.25, -0.2) is 13.7 Å². The number of methoxy groups -OCH3 is 1. The van der Waals surface area contributed by atoms with Gasteiger partial charge in [0, 0.05) is 54.1 Å². The normalized spacial score (nSPS) is 37.7. The Balaban J connectivity index is 1.18. The predicted octanol–water partition coefficient (Wildman–Crippen LogP) is 6.31. The summed E-state index contributed by atoms with van der Waals surface area (Å²) in [6.07, 6.45) is 9.95. The molecule has 1 spiro atoms. The molecule has 0 aromatic heterocycles. The highest BCUT2D eigenvalue weighted by atomic mass is 35.5. The van der Waals surface area contributed by atoms with E-state index in [1.54, 1.807) is 20.1 Å². The Morgan fingerprint density at radius 1 is 1.12 bits per heavy atom. The summed E-state index contributed by atoms with van der Waals surface area (Å²) in [7, 11) is -1.78. The second-order valence-corrected chi connectivity index (χ2v) is 18.5. The van der Waals surface area contributed by atoms with Gasteiger partial charge in [0.15, 0.2) is 0 Å².